The Balaban J connectivity index is 1.93. The standard InChI is InChI=1S/C19H13FN6OS/c1-8-6-12-17(25-15(8)19-22-4-5-28-19)13(14(21)18(27)24-12)9-2-3-11(20)16-10(9)7-23-26-16/h2-7H,21H2,1H3,(H,23,26)(H,24,27). The maximum Gasteiger partial charge on any atom is 0.272 e. The number of pyridine rings is 2. The van der Waals surface area contributed by atoms with Crippen molar-refractivity contribution >= 4 is 39.0 Å². The van der Waals surface area contributed by atoms with E-state index in [9.17, 15) is 9.18 Å². The number of halogens is 1. The normalized spacial score (nSPS) is 11.5. The number of hydrogen-bond acceptors (Lipinski definition) is 6. The molecule has 0 aliphatic rings. The van der Waals surface area contributed by atoms with Crippen LogP contribution in [0.1, 0.15) is 5.56 Å². The van der Waals surface area contributed by atoms with E-state index >= 15 is 0 Å². The van der Waals surface area contributed by atoms with E-state index in [0.29, 0.717) is 33.2 Å². The van der Waals surface area contributed by atoms with Crippen molar-refractivity contribution in [2.45, 2.75) is 6.92 Å². The summed E-state index contributed by atoms with van der Waals surface area (Å²) < 4.78 is 14.1. The predicted octanol–water partition coefficient (Wildman–Crippen LogP) is 3.62. The van der Waals surface area contributed by atoms with Crippen molar-refractivity contribution in [2.75, 3.05) is 5.73 Å². The van der Waals surface area contributed by atoms with Crippen LogP contribution in [0.4, 0.5) is 10.1 Å². The lowest BCUT2D eigenvalue weighted by molar-refractivity contribution is 0.636. The predicted molar refractivity (Wildman–Crippen MR) is 108 cm³/mol. The van der Waals surface area contributed by atoms with Crippen LogP contribution < -0.4 is 11.3 Å². The molecule has 0 aliphatic heterocycles. The Morgan fingerprint density at radius 2 is 2.14 bits per heavy atom. The van der Waals surface area contributed by atoms with Crippen molar-refractivity contribution in [3.8, 4) is 21.8 Å². The first-order valence-electron chi connectivity index (χ1n) is 8.39. The molecule has 5 rings (SSSR count). The average molecular weight is 392 g/mol. The van der Waals surface area contributed by atoms with E-state index in [0.717, 1.165) is 10.6 Å². The zero-order chi connectivity index (χ0) is 19.4. The summed E-state index contributed by atoms with van der Waals surface area (Å²) in [5, 5.41) is 9.74. The van der Waals surface area contributed by atoms with Gasteiger partial charge in [-0.25, -0.2) is 14.4 Å². The third-order valence-corrected chi connectivity index (χ3v) is 5.46. The van der Waals surface area contributed by atoms with Gasteiger partial charge in [0.2, 0.25) is 0 Å². The number of H-pyrrole nitrogens is 2. The number of aromatic nitrogens is 5. The van der Waals surface area contributed by atoms with Crippen LogP contribution >= 0.6 is 11.3 Å². The van der Waals surface area contributed by atoms with E-state index in [1.54, 1.807) is 12.3 Å². The number of nitrogens with zero attached hydrogens (tertiary/aromatic N) is 3. The summed E-state index contributed by atoms with van der Waals surface area (Å²) in [5.74, 6) is -0.434. The first kappa shape index (κ1) is 16.6. The van der Waals surface area contributed by atoms with Crippen LogP contribution in [0, 0.1) is 12.7 Å². The Bertz CT molecular complexity index is 1420. The van der Waals surface area contributed by atoms with Crippen LogP contribution in [0.25, 0.3) is 43.8 Å². The number of nitrogens with two attached hydrogens (primary N) is 1. The zero-order valence-corrected chi connectivity index (χ0v) is 15.4. The molecule has 0 spiro atoms. The quantitative estimate of drug-likeness (QED) is 0.425. The van der Waals surface area contributed by atoms with Crippen LogP contribution in [0.5, 0.6) is 0 Å². The maximum absolute atomic E-state index is 14.1. The lowest BCUT2D eigenvalue weighted by Crippen LogP contribution is -2.14. The summed E-state index contributed by atoms with van der Waals surface area (Å²) in [7, 11) is 0. The number of hydrogen-bond donors (Lipinski definition) is 3. The average Bonchev–Trinajstić information content (AvgIpc) is 3.36. The highest BCUT2D eigenvalue weighted by molar-refractivity contribution is 7.13. The molecule has 28 heavy (non-hydrogen) atoms. The minimum atomic E-state index is -0.434. The lowest BCUT2D eigenvalue weighted by Gasteiger charge is -2.12. The Hall–Kier alpha value is -3.59. The van der Waals surface area contributed by atoms with Crippen LogP contribution in [0.2, 0.25) is 0 Å². The molecule has 0 bridgehead atoms. The van der Waals surface area contributed by atoms with E-state index in [-0.39, 0.29) is 11.2 Å². The van der Waals surface area contributed by atoms with Crippen molar-refractivity contribution < 1.29 is 4.39 Å². The van der Waals surface area contributed by atoms with Crippen molar-refractivity contribution in [3.05, 3.63) is 57.7 Å². The maximum atomic E-state index is 14.1. The highest BCUT2D eigenvalue weighted by Gasteiger charge is 2.20. The van der Waals surface area contributed by atoms with Gasteiger partial charge in [0.15, 0.2) is 0 Å². The summed E-state index contributed by atoms with van der Waals surface area (Å²) in [6.45, 7) is 1.91. The van der Waals surface area contributed by atoms with E-state index in [1.807, 2.05) is 18.4 Å². The number of benzene rings is 1. The first-order valence-corrected chi connectivity index (χ1v) is 9.27. The van der Waals surface area contributed by atoms with Gasteiger partial charge in [-0.3, -0.25) is 9.89 Å². The molecule has 0 unspecified atom stereocenters. The summed E-state index contributed by atoms with van der Waals surface area (Å²) in [6, 6.07) is 4.75. The van der Waals surface area contributed by atoms with Crippen molar-refractivity contribution in [3.63, 3.8) is 0 Å². The monoisotopic (exact) mass is 392 g/mol. The van der Waals surface area contributed by atoms with Gasteiger partial charge in [0.25, 0.3) is 5.56 Å². The highest BCUT2D eigenvalue weighted by atomic mass is 32.1. The van der Waals surface area contributed by atoms with E-state index in [2.05, 4.69) is 20.2 Å². The fourth-order valence-corrected chi connectivity index (χ4v) is 4.07. The molecule has 5 aromatic rings. The van der Waals surface area contributed by atoms with E-state index in [4.69, 9.17) is 10.7 Å². The molecule has 0 saturated carbocycles. The third-order valence-electron chi connectivity index (χ3n) is 4.68. The Labute approximate surface area is 161 Å². The van der Waals surface area contributed by atoms with Crippen molar-refractivity contribution in [2.24, 2.45) is 0 Å². The second-order valence-electron chi connectivity index (χ2n) is 6.38. The number of nitrogens with one attached hydrogen (secondary N) is 2. The van der Waals surface area contributed by atoms with Gasteiger partial charge in [-0.05, 0) is 30.2 Å². The molecule has 4 N–H and O–H groups in total. The summed E-state index contributed by atoms with van der Waals surface area (Å²) >= 11 is 1.47. The van der Waals surface area contributed by atoms with Crippen molar-refractivity contribution in [1.82, 2.24) is 25.1 Å². The second-order valence-corrected chi connectivity index (χ2v) is 7.28. The molecule has 0 amide bonds. The third kappa shape index (κ3) is 2.33. The number of anilines is 1. The molecular weight excluding hydrogens is 379 g/mol. The van der Waals surface area contributed by atoms with Crippen LogP contribution in [-0.4, -0.2) is 25.1 Å². The van der Waals surface area contributed by atoms with Gasteiger partial charge < -0.3 is 10.7 Å². The largest absolute Gasteiger partial charge is 0.394 e. The number of aromatic amines is 2. The first-order chi connectivity index (χ1) is 13.5. The summed E-state index contributed by atoms with van der Waals surface area (Å²) in [4.78, 5) is 24.4. The van der Waals surface area contributed by atoms with Gasteiger partial charge in [0, 0.05) is 22.5 Å². The Kier molecular flexibility index (Phi) is 3.53. The van der Waals surface area contributed by atoms with Gasteiger partial charge >= 0.3 is 0 Å². The fourth-order valence-electron chi connectivity index (χ4n) is 3.38. The van der Waals surface area contributed by atoms with Gasteiger partial charge in [0.1, 0.15) is 27.7 Å². The van der Waals surface area contributed by atoms with Crippen LogP contribution in [0.3, 0.4) is 0 Å². The molecule has 0 aliphatic carbocycles. The number of thiazole rings is 1. The molecule has 1 aromatic carbocycles. The molecular formula is C19H13FN6OS. The molecule has 138 valence electrons. The number of nitrogen functional groups attached to an aromatic ring is 1. The van der Waals surface area contributed by atoms with Crippen molar-refractivity contribution in [1.29, 1.82) is 0 Å². The number of fused-ring (bicyclic) bond motifs is 2. The number of aryl methyl sites for hydroxylation is 1. The van der Waals surface area contributed by atoms with Gasteiger partial charge in [-0.1, -0.05) is 6.07 Å². The van der Waals surface area contributed by atoms with Gasteiger partial charge in [0.05, 0.1) is 17.2 Å². The SMILES string of the molecule is Cc1cc2[nH]c(=O)c(N)c(-c3ccc(F)c4[nH]ncc34)c2nc1-c1nccs1. The minimum Gasteiger partial charge on any atom is -0.394 e. The topological polar surface area (TPSA) is 113 Å². The molecule has 0 radical (unpaired) electrons. The Morgan fingerprint density at radius 3 is 2.93 bits per heavy atom. The van der Waals surface area contributed by atoms with E-state index in [1.165, 1.54) is 23.6 Å². The molecule has 0 atom stereocenters. The summed E-state index contributed by atoms with van der Waals surface area (Å²) in [6.07, 6.45) is 3.22. The minimum absolute atomic E-state index is 0.0167. The van der Waals surface area contributed by atoms with Gasteiger partial charge in [-0.2, -0.15) is 5.10 Å². The smallest absolute Gasteiger partial charge is 0.272 e. The molecule has 0 saturated heterocycles. The fraction of sp³-hybridized carbons (Fsp3) is 0.0526. The summed E-state index contributed by atoms with van der Waals surface area (Å²) in [5.41, 5.74) is 9.69. The highest BCUT2D eigenvalue weighted by Crippen LogP contribution is 2.37. The van der Waals surface area contributed by atoms with Gasteiger partial charge in [-0.15, -0.1) is 11.3 Å². The number of rotatable bonds is 2. The van der Waals surface area contributed by atoms with Crippen LogP contribution in [0.15, 0.2) is 40.8 Å². The molecule has 7 nitrogen and oxygen atoms in total. The van der Waals surface area contributed by atoms with E-state index < -0.39 is 11.4 Å². The lowest BCUT2D eigenvalue weighted by atomic mass is 9.98. The second kappa shape index (κ2) is 5.96. The Morgan fingerprint density at radius 1 is 1.29 bits per heavy atom. The zero-order valence-electron chi connectivity index (χ0n) is 14.6. The molecule has 0 fully saturated rings. The molecule has 4 aromatic heterocycles. The molecule has 4 heterocycles. The van der Waals surface area contributed by atoms with Crippen LogP contribution in [-0.2, 0) is 0 Å². The molecule has 9 heteroatoms.